The normalized spacial score (nSPS) is 23.5. The van der Waals surface area contributed by atoms with E-state index in [4.69, 9.17) is 4.42 Å². The Hall–Kier alpha value is -0.760. The molecule has 2 heteroatoms. The van der Waals surface area contributed by atoms with Crippen molar-refractivity contribution in [3.8, 4) is 0 Å². The van der Waals surface area contributed by atoms with E-state index < -0.39 is 0 Å². The molecule has 1 aromatic heterocycles. The summed E-state index contributed by atoms with van der Waals surface area (Å²) in [6, 6.07) is 4.80. The molecule has 2 heterocycles. The number of furan rings is 1. The molecule has 1 N–H and O–H groups in total. The minimum absolute atomic E-state index is 0.565. The lowest BCUT2D eigenvalue weighted by Crippen LogP contribution is -2.25. The largest absolute Gasteiger partial charge is 0.469 e. The summed E-state index contributed by atoms with van der Waals surface area (Å²) >= 11 is 0. The maximum atomic E-state index is 5.54. The SMILES string of the molecule is CC(C)C(CC1CCCN1)c1ccco1. The van der Waals surface area contributed by atoms with Gasteiger partial charge >= 0.3 is 0 Å². The van der Waals surface area contributed by atoms with Gasteiger partial charge in [0.2, 0.25) is 0 Å². The number of hydrogen-bond donors (Lipinski definition) is 1. The third kappa shape index (κ3) is 2.63. The Morgan fingerprint density at radius 2 is 2.40 bits per heavy atom. The van der Waals surface area contributed by atoms with Crippen molar-refractivity contribution >= 4 is 0 Å². The third-order valence-electron chi connectivity index (χ3n) is 3.41. The first-order valence-electron chi connectivity index (χ1n) is 6.04. The molecule has 2 rings (SSSR count). The van der Waals surface area contributed by atoms with Crippen molar-refractivity contribution in [2.75, 3.05) is 6.54 Å². The average molecular weight is 207 g/mol. The molecule has 1 aliphatic rings. The van der Waals surface area contributed by atoms with Gasteiger partial charge < -0.3 is 9.73 Å². The first kappa shape index (κ1) is 10.7. The highest BCUT2D eigenvalue weighted by atomic mass is 16.3. The van der Waals surface area contributed by atoms with E-state index in [-0.39, 0.29) is 0 Å². The summed E-state index contributed by atoms with van der Waals surface area (Å²) in [5.74, 6) is 2.37. The van der Waals surface area contributed by atoms with Crippen molar-refractivity contribution in [2.45, 2.75) is 45.1 Å². The zero-order chi connectivity index (χ0) is 10.7. The third-order valence-corrected chi connectivity index (χ3v) is 3.41. The summed E-state index contributed by atoms with van der Waals surface area (Å²) in [4.78, 5) is 0. The van der Waals surface area contributed by atoms with Crippen molar-refractivity contribution < 1.29 is 4.42 Å². The van der Waals surface area contributed by atoms with Crippen LogP contribution in [0.2, 0.25) is 0 Å². The fourth-order valence-electron chi connectivity index (χ4n) is 2.48. The number of nitrogens with one attached hydrogen (secondary N) is 1. The summed E-state index contributed by atoms with van der Waals surface area (Å²) in [5.41, 5.74) is 0. The van der Waals surface area contributed by atoms with Crippen LogP contribution >= 0.6 is 0 Å². The molecule has 15 heavy (non-hydrogen) atoms. The van der Waals surface area contributed by atoms with E-state index in [9.17, 15) is 0 Å². The quantitative estimate of drug-likeness (QED) is 0.820. The van der Waals surface area contributed by atoms with Crippen LogP contribution in [0.5, 0.6) is 0 Å². The van der Waals surface area contributed by atoms with Crippen LogP contribution in [0.4, 0.5) is 0 Å². The van der Waals surface area contributed by atoms with Crippen LogP contribution in [-0.2, 0) is 0 Å². The zero-order valence-electron chi connectivity index (χ0n) is 9.70. The van der Waals surface area contributed by atoms with E-state index >= 15 is 0 Å². The van der Waals surface area contributed by atoms with E-state index in [0.717, 1.165) is 5.76 Å². The van der Waals surface area contributed by atoms with Crippen molar-refractivity contribution in [3.05, 3.63) is 24.2 Å². The predicted octanol–water partition coefficient (Wildman–Crippen LogP) is 3.16. The van der Waals surface area contributed by atoms with Gasteiger partial charge in [-0.05, 0) is 43.9 Å². The fourth-order valence-corrected chi connectivity index (χ4v) is 2.48. The first-order valence-corrected chi connectivity index (χ1v) is 6.04. The van der Waals surface area contributed by atoms with Gasteiger partial charge in [-0.15, -0.1) is 0 Å². The Bertz CT molecular complexity index is 273. The molecule has 0 saturated carbocycles. The molecule has 1 saturated heterocycles. The highest BCUT2D eigenvalue weighted by Crippen LogP contribution is 2.31. The van der Waals surface area contributed by atoms with Crippen LogP contribution in [0.15, 0.2) is 22.8 Å². The molecule has 0 bridgehead atoms. The lowest BCUT2D eigenvalue weighted by atomic mass is 9.87. The molecule has 0 amide bonds. The van der Waals surface area contributed by atoms with Gasteiger partial charge in [0.05, 0.1) is 6.26 Å². The Balaban J connectivity index is 2.00. The molecule has 2 unspecified atom stereocenters. The minimum atomic E-state index is 0.565. The second-order valence-electron chi connectivity index (χ2n) is 4.89. The van der Waals surface area contributed by atoms with Crippen LogP contribution in [0.3, 0.4) is 0 Å². The van der Waals surface area contributed by atoms with E-state index in [1.807, 2.05) is 6.07 Å². The number of rotatable bonds is 4. The van der Waals surface area contributed by atoms with Gasteiger partial charge in [-0.25, -0.2) is 0 Å². The lowest BCUT2D eigenvalue weighted by Gasteiger charge is -2.22. The van der Waals surface area contributed by atoms with E-state index in [1.54, 1.807) is 6.26 Å². The maximum absolute atomic E-state index is 5.54. The van der Waals surface area contributed by atoms with Crippen LogP contribution < -0.4 is 5.32 Å². The predicted molar refractivity (Wildman–Crippen MR) is 61.9 cm³/mol. The van der Waals surface area contributed by atoms with Gasteiger partial charge in [-0.1, -0.05) is 13.8 Å². The van der Waals surface area contributed by atoms with Crippen LogP contribution in [0, 0.1) is 5.92 Å². The first-order chi connectivity index (χ1) is 7.27. The highest BCUT2D eigenvalue weighted by Gasteiger charge is 2.24. The van der Waals surface area contributed by atoms with Crippen LogP contribution in [-0.4, -0.2) is 12.6 Å². The zero-order valence-corrected chi connectivity index (χ0v) is 9.70. The van der Waals surface area contributed by atoms with Gasteiger partial charge in [0.15, 0.2) is 0 Å². The molecule has 1 fully saturated rings. The van der Waals surface area contributed by atoms with Gasteiger partial charge in [-0.3, -0.25) is 0 Å². The van der Waals surface area contributed by atoms with Gasteiger partial charge in [-0.2, -0.15) is 0 Å². The molecule has 2 nitrogen and oxygen atoms in total. The van der Waals surface area contributed by atoms with Crippen molar-refractivity contribution in [3.63, 3.8) is 0 Å². The molecule has 0 radical (unpaired) electrons. The molecule has 0 aromatic carbocycles. The molecule has 1 aliphatic heterocycles. The topological polar surface area (TPSA) is 25.2 Å². The van der Waals surface area contributed by atoms with Crippen LogP contribution in [0.25, 0.3) is 0 Å². The van der Waals surface area contributed by atoms with Crippen molar-refractivity contribution in [1.29, 1.82) is 0 Å². The molecule has 0 aliphatic carbocycles. The summed E-state index contributed by atoms with van der Waals surface area (Å²) in [5, 5.41) is 3.56. The Kier molecular flexibility index (Phi) is 3.47. The molecule has 84 valence electrons. The highest BCUT2D eigenvalue weighted by molar-refractivity contribution is 5.07. The van der Waals surface area contributed by atoms with E-state index in [1.165, 1.54) is 25.8 Å². The lowest BCUT2D eigenvalue weighted by molar-refractivity contribution is 0.347. The minimum Gasteiger partial charge on any atom is -0.469 e. The molecule has 0 spiro atoms. The summed E-state index contributed by atoms with van der Waals surface area (Å²) in [7, 11) is 0. The van der Waals surface area contributed by atoms with Gasteiger partial charge in [0, 0.05) is 12.0 Å². The summed E-state index contributed by atoms with van der Waals surface area (Å²) in [6.45, 7) is 5.75. The maximum Gasteiger partial charge on any atom is 0.107 e. The monoisotopic (exact) mass is 207 g/mol. The second-order valence-corrected chi connectivity index (χ2v) is 4.89. The van der Waals surface area contributed by atoms with Crippen molar-refractivity contribution in [1.82, 2.24) is 5.32 Å². The average Bonchev–Trinajstić information content (AvgIpc) is 2.87. The summed E-state index contributed by atoms with van der Waals surface area (Å²) in [6.07, 6.45) is 5.65. The van der Waals surface area contributed by atoms with Crippen LogP contribution in [0.1, 0.15) is 44.8 Å². The molecular formula is C13H21NO. The van der Waals surface area contributed by atoms with E-state index in [2.05, 4.69) is 25.2 Å². The fraction of sp³-hybridized carbons (Fsp3) is 0.692. The summed E-state index contributed by atoms with van der Waals surface area (Å²) < 4.78 is 5.54. The standard InChI is InChI=1S/C13H21NO/c1-10(2)12(13-6-4-8-15-13)9-11-5-3-7-14-11/h4,6,8,10-12,14H,3,5,7,9H2,1-2H3. The second kappa shape index (κ2) is 4.84. The molecule has 2 atom stereocenters. The number of hydrogen-bond acceptors (Lipinski definition) is 2. The van der Waals surface area contributed by atoms with Gasteiger partial charge in [0.1, 0.15) is 5.76 Å². The Morgan fingerprint density at radius 1 is 1.53 bits per heavy atom. The van der Waals surface area contributed by atoms with Gasteiger partial charge in [0.25, 0.3) is 0 Å². The Morgan fingerprint density at radius 3 is 2.93 bits per heavy atom. The molecule has 1 aromatic rings. The Labute approximate surface area is 92.1 Å². The smallest absolute Gasteiger partial charge is 0.107 e. The van der Waals surface area contributed by atoms with E-state index in [0.29, 0.717) is 17.9 Å². The molecular weight excluding hydrogens is 186 g/mol. The van der Waals surface area contributed by atoms with Crippen molar-refractivity contribution in [2.24, 2.45) is 5.92 Å².